The van der Waals surface area contributed by atoms with Gasteiger partial charge in [0.1, 0.15) is 5.82 Å². The molecule has 0 aliphatic heterocycles. The first kappa shape index (κ1) is 14.8. The van der Waals surface area contributed by atoms with Crippen LogP contribution in [0.25, 0.3) is 0 Å². The number of benzene rings is 1. The highest BCUT2D eigenvalue weighted by Gasteiger charge is 2.09. The van der Waals surface area contributed by atoms with E-state index in [1.54, 1.807) is 13.0 Å². The molecule has 0 bridgehead atoms. The maximum Gasteiger partial charge on any atom is 0.286 e. The molecular formula is C15H15FN2O3. The molecule has 0 unspecified atom stereocenters. The van der Waals surface area contributed by atoms with Gasteiger partial charge in [-0.2, -0.15) is 0 Å². The molecule has 0 aliphatic rings. The molecular weight excluding hydrogens is 275 g/mol. The number of rotatable bonds is 5. The van der Waals surface area contributed by atoms with Crippen LogP contribution in [0.2, 0.25) is 0 Å². The molecule has 2 rings (SSSR count). The number of amides is 2. The quantitative estimate of drug-likeness (QED) is 0.888. The number of furan rings is 1. The SMILES string of the molecule is Cc1cc(F)ccc1NC(=O)CCNC(=O)c1ccco1. The van der Waals surface area contributed by atoms with Crippen molar-refractivity contribution in [1.82, 2.24) is 5.32 Å². The van der Waals surface area contributed by atoms with Gasteiger partial charge in [0.15, 0.2) is 5.76 Å². The van der Waals surface area contributed by atoms with E-state index in [0.717, 1.165) is 0 Å². The molecule has 2 N–H and O–H groups in total. The Kier molecular flexibility index (Phi) is 4.71. The number of hydrogen-bond donors (Lipinski definition) is 2. The number of nitrogens with one attached hydrogen (secondary N) is 2. The molecule has 0 atom stereocenters. The standard InChI is InChI=1S/C15H15FN2O3/c1-10-9-11(16)4-5-12(10)18-14(19)6-7-17-15(20)13-3-2-8-21-13/h2-5,8-9H,6-7H2,1H3,(H,17,20)(H,18,19). The summed E-state index contributed by atoms with van der Waals surface area (Å²) in [6.45, 7) is 1.89. The Labute approximate surface area is 121 Å². The van der Waals surface area contributed by atoms with E-state index < -0.39 is 0 Å². The summed E-state index contributed by atoms with van der Waals surface area (Å²) in [5, 5.41) is 5.24. The number of hydrogen-bond acceptors (Lipinski definition) is 3. The summed E-state index contributed by atoms with van der Waals surface area (Å²) in [5.41, 5.74) is 1.20. The maximum absolute atomic E-state index is 12.9. The van der Waals surface area contributed by atoms with E-state index >= 15 is 0 Å². The molecule has 0 saturated heterocycles. The van der Waals surface area contributed by atoms with Gasteiger partial charge in [-0.05, 0) is 42.8 Å². The van der Waals surface area contributed by atoms with Crippen molar-refractivity contribution in [2.45, 2.75) is 13.3 Å². The van der Waals surface area contributed by atoms with Gasteiger partial charge in [-0.15, -0.1) is 0 Å². The van der Waals surface area contributed by atoms with E-state index in [1.165, 1.54) is 30.5 Å². The Bertz CT molecular complexity index is 638. The summed E-state index contributed by atoms with van der Waals surface area (Å²) in [6.07, 6.45) is 1.52. The van der Waals surface area contributed by atoms with Crippen LogP contribution in [0.4, 0.5) is 10.1 Å². The third-order valence-electron chi connectivity index (χ3n) is 2.85. The lowest BCUT2D eigenvalue weighted by molar-refractivity contribution is -0.116. The average Bonchev–Trinajstić information content (AvgIpc) is 2.96. The van der Waals surface area contributed by atoms with Crippen LogP contribution >= 0.6 is 0 Å². The minimum absolute atomic E-state index is 0.114. The lowest BCUT2D eigenvalue weighted by Crippen LogP contribution is -2.27. The molecule has 0 radical (unpaired) electrons. The molecule has 6 heteroatoms. The van der Waals surface area contributed by atoms with E-state index in [2.05, 4.69) is 10.6 Å². The van der Waals surface area contributed by atoms with Gasteiger partial charge < -0.3 is 15.1 Å². The first-order valence-electron chi connectivity index (χ1n) is 6.44. The zero-order chi connectivity index (χ0) is 15.2. The summed E-state index contributed by atoms with van der Waals surface area (Å²) in [4.78, 5) is 23.3. The van der Waals surface area contributed by atoms with E-state index in [9.17, 15) is 14.0 Å². The minimum atomic E-state index is -0.370. The predicted molar refractivity (Wildman–Crippen MR) is 75.4 cm³/mol. The van der Waals surface area contributed by atoms with Crippen molar-refractivity contribution in [3.8, 4) is 0 Å². The summed E-state index contributed by atoms with van der Waals surface area (Å²) in [5.74, 6) is -0.781. The number of halogens is 1. The molecule has 1 aromatic carbocycles. The largest absolute Gasteiger partial charge is 0.459 e. The van der Waals surface area contributed by atoms with Crippen LogP contribution < -0.4 is 10.6 Å². The molecule has 0 spiro atoms. The monoisotopic (exact) mass is 290 g/mol. The predicted octanol–water partition coefficient (Wildman–Crippen LogP) is 2.49. The third-order valence-corrected chi connectivity index (χ3v) is 2.85. The molecule has 1 aromatic heterocycles. The van der Waals surface area contributed by atoms with E-state index in [0.29, 0.717) is 11.3 Å². The molecule has 1 heterocycles. The van der Waals surface area contributed by atoms with Crippen LogP contribution in [0, 0.1) is 12.7 Å². The van der Waals surface area contributed by atoms with Crippen molar-refractivity contribution in [3.05, 3.63) is 53.7 Å². The molecule has 0 fully saturated rings. The van der Waals surface area contributed by atoms with Gasteiger partial charge in [0, 0.05) is 18.7 Å². The van der Waals surface area contributed by atoms with E-state index in [-0.39, 0.29) is 36.4 Å². The Morgan fingerprint density at radius 3 is 2.76 bits per heavy atom. The van der Waals surface area contributed by atoms with Crippen molar-refractivity contribution >= 4 is 17.5 Å². The summed E-state index contributed by atoms with van der Waals surface area (Å²) in [7, 11) is 0. The van der Waals surface area contributed by atoms with Crippen molar-refractivity contribution in [3.63, 3.8) is 0 Å². The molecule has 110 valence electrons. The van der Waals surface area contributed by atoms with Crippen LogP contribution in [0.15, 0.2) is 41.0 Å². The highest BCUT2D eigenvalue weighted by molar-refractivity contribution is 5.93. The van der Waals surface area contributed by atoms with Gasteiger partial charge in [0.2, 0.25) is 5.91 Å². The fraction of sp³-hybridized carbons (Fsp3) is 0.200. The highest BCUT2D eigenvalue weighted by Crippen LogP contribution is 2.15. The molecule has 0 aliphatic carbocycles. The lowest BCUT2D eigenvalue weighted by Gasteiger charge is -2.08. The second-order valence-electron chi connectivity index (χ2n) is 4.49. The molecule has 2 amide bonds. The van der Waals surface area contributed by atoms with Gasteiger partial charge in [-0.1, -0.05) is 0 Å². The maximum atomic E-state index is 12.9. The number of carbonyl (C=O) groups excluding carboxylic acids is 2. The second-order valence-corrected chi connectivity index (χ2v) is 4.49. The fourth-order valence-corrected chi connectivity index (χ4v) is 1.76. The van der Waals surface area contributed by atoms with Gasteiger partial charge >= 0.3 is 0 Å². The average molecular weight is 290 g/mol. The minimum Gasteiger partial charge on any atom is -0.459 e. The summed E-state index contributed by atoms with van der Waals surface area (Å²) in [6, 6.07) is 7.27. The smallest absolute Gasteiger partial charge is 0.286 e. The van der Waals surface area contributed by atoms with E-state index in [4.69, 9.17) is 4.42 Å². The summed E-state index contributed by atoms with van der Waals surface area (Å²) >= 11 is 0. The Morgan fingerprint density at radius 2 is 2.10 bits per heavy atom. The van der Waals surface area contributed by atoms with Crippen molar-refractivity contribution in [2.75, 3.05) is 11.9 Å². The Hall–Kier alpha value is -2.63. The number of anilines is 1. The molecule has 5 nitrogen and oxygen atoms in total. The van der Waals surface area contributed by atoms with Crippen LogP contribution in [-0.2, 0) is 4.79 Å². The molecule has 2 aromatic rings. The number of carbonyl (C=O) groups is 2. The second kappa shape index (κ2) is 6.69. The number of aryl methyl sites for hydroxylation is 1. The van der Waals surface area contributed by atoms with Crippen LogP contribution in [0.1, 0.15) is 22.5 Å². The Morgan fingerprint density at radius 1 is 1.29 bits per heavy atom. The van der Waals surface area contributed by atoms with Crippen molar-refractivity contribution < 1.29 is 18.4 Å². The van der Waals surface area contributed by atoms with Gasteiger partial charge in [0.05, 0.1) is 6.26 Å². The highest BCUT2D eigenvalue weighted by atomic mass is 19.1. The third kappa shape index (κ3) is 4.17. The normalized spacial score (nSPS) is 10.2. The van der Waals surface area contributed by atoms with Crippen LogP contribution in [0.3, 0.4) is 0 Å². The van der Waals surface area contributed by atoms with Gasteiger partial charge in [-0.3, -0.25) is 9.59 Å². The van der Waals surface area contributed by atoms with Gasteiger partial charge in [0.25, 0.3) is 5.91 Å². The summed E-state index contributed by atoms with van der Waals surface area (Å²) < 4.78 is 17.9. The molecule has 0 saturated carbocycles. The van der Waals surface area contributed by atoms with Crippen LogP contribution in [0.5, 0.6) is 0 Å². The topological polar surface area (TPSA) is 71.3 Å². The zero-order valence-corrected chi connectivity index (χ0v) is 11.5. The Balaban J connectivity index is 1.78. The van der Waals surface area contributed by atoms with Crippen LogP contribution in [-0.4, -0.2) is 18.4 Å². The van der Waals surface area contributed by atoms with Crippen molar-refractivity contribution in [1.29, 1.82) is 0 Å². The van der Waals surface area contributed by atoms with Gasteiger partial charge in [-0.25, -0.2) is 4.39 Å². The first-order chi connectivity index (χ1) is 10.1. The first-order valence-corrected chi connectivity index (χ1v) is 6.44. The lowest BCUT2D eigenvalue weighted by atomic mass is 10.2. The van der Waals surface area contributed by atoms with Crippen molar-refractivity contribution in [2.24, 2.45) is 0 Å². The van der Waals surface area contributed by atoms with E-state index in [1.807, 2.05) is 0 Å². The molecule has 21 heavy (non-hydrogen) atoms. The fourth-order valence-electron chi connectivity index (χ4n) is 1.76. The zero-order valence-electron chi connectivity index (χ0n) is 11.5.